The molecule has 0 aliphatic rings. The molecule has 0 atom stereocenters. The molecule has 0 aliphatic carbocycles. The lowest BCUT2D eigenvalue weighted by Gasteiger charge is -2.03. The minimum absolute atomic E-state index is 0.226. The van der Waals surface area contributed by atoms with E-state index < -0.39 is 5.97 Å². The molecule has 0 unspecified atom stereocenters. The highest BCUT2D eigenvalue weighted by Crippen LogP contribution is 2.26. The maximum Gasteiger partial charge on any atom is 0.373 e. The average Bonchev–Trinajstić information content (AvgIpc) is 2.93. The Morgan fingerprint density at radius 1 is 1.26 bits per heavy atom. The number of methoxy groups -OCH3 is 2. The molecule has 100 valence electrons. The van der Waals surface area contributed by atoms with Gasteiger partial charge in [0.1, 0.15) is 11.5 Å². The van der Waals surface area contributed by atoms with Crippen LogP contribution in [0, 0.1) is 0 Å². The number of esters is 1. The molecule has 5 heteroatoms. The highest BCUT2D eigenvalue weighted by atomic mass is 32.2. The molecule has 0 saturated carbocycles. The van der Waals surface area contributed by atoms with Crippen LogP contribution in [0.15, 0.2) is 45.7 Å². The highest BCUT2D eigenvalue weighted by molar-refractivity contribution is 7.98. The summed E-state index contributed by atoms with van der Waals surface area (Å²) in [6.45, 7) is 0. The summed E-state index contributed by atoms with van der Waals surface area (Å²) in [4.78, 5) is 12.3. The Morgan fingerprint density at radius 2 is 2.11 bits per heavy atom. The van der Waals surface area contributed by atoms with Crippen LogP contribution in [-0.4, -0.2) is 20.2 Å². The minimum atomic E-state index is -0.461. The van der Waals surface area contributed by atoms with Crippen LogP contribution in [0.2, 0.25) is 0 Å². The van der Waals surface area contributed by atoms with E-state index in [0.717, 1.165) is 16.4 Å². The monoisotopic (exact) mass is 278 g/mol. The largest absolute Gasteiger partial charge is 0.497 e. The normalized spacial score (nSPS) is 10.2. The Hall–Kier alpha value is -1.88. The molecule has 1 heterocycles. The molecule has 0 aliphatic heterocycles. The zero-order valence-electron chi connectivity index (χ0n) is 10.7. The molecule has 0 fully saturated rings. The molecule has 4 nitrogen and oxygen atoms in total. The van der Waals surface area contributed by atoms with E-state index in [0.29, 0.717) is 5.75 Å². The van der Waals surface area contributed by atoms with Gasteiger partial charge in [-0.1, -0.05) is 6.07 Å². The van der Waals surface area contributed by atoms with Crippen LogP contribution in [0.4, 0.5) is 0 Å². The fraction of sp³-hybridized carbons (Fsp3) is 0.214. The molecule has 2 rings (SSSR count). The number of rotatable bonds is 5. The Balaban J connectivity index is 1.98. The van der Waals surface area contributed by atoms with E-state index in [4.69, 9.17) is 9.15 Å². The van der Waals surface area contributed by atoms with E-state index >= 15 is 0 Å². The number of hydrogen-bond acceptors (Lipinski definition) is 5. The molecule has 0 amide bonds. The van der Waals surface area contributed by atoms with E-state index in [1.807, 2.05) is 24.3 Å². The molecule has 2 aromatic rings. The topological polar surface area (TPSA) is 48.7 Å². The molecule has 0 spiro atoms. The first kappa shape index (κ1) is 13.5. The zero-order valence-corrected chi connectivity index (χ0v) is 11.5. The Bertz CT molecular complexity index is 562. The Morgan fingerprint density at radius 3 is 2.84 bits per heavy atom. The first-order valence-electron chi connectivity index (χ1n) is 5.67. The van der Waals surface area contributed by atoms with E-state index in [9.17, 15) is 4.79 Å². The van der Waals surface area contributed by atoms with Gasteiger partial charge in [0.05, 0.1) is 20.0 Å². The van der Waals surface area contributed by atoms with Crippen molar-refractivity contribution in [1.29, 1.82) is 0 Å². The third kappa shape index (κ3) is 3.54. The van der Waals surface area contributed by atoms with Gasteiger partial charge in [-0.2, -0.15) is 0 Å². The lowest BCUT2D eigenvalue weighted by molar-refractivity contribution is 0.0563. The molecule has 0 N–H and O–H groups in total. The second-order valence-electron chi connectivity index (χ2n) is 3.73. The van der Waals surface area contributed by atoms with Crippen molar-refractivity contribution in [1.82, 2.24) is 0 Å². The van der Waals surface area contributed by atoms with Crippen molar-refractivity contribution in [3.8, 4) is 5.75 Å². The summed E-state index contributed by atoms with van der Waals surface area (Å²) in [6.07, 6.45) is 0. The second kappa shape index (κ2) is 6.33. The van der Waals surface area contributed by atoms with Crippen molar-refractivity contribution < 1.29 is 18.7 Å². The van der Waals surface area contributed by atoms with Gasteiger partial charge < -0.3 is 13.9 Å². The van der Waals surface area contributed by atoms with Gasteiger partial charge in [0, 0.05) is 4.90 Å². The standard InChI is InChI=1S/C14H14O4S/c1-16-10-4-3-5-12(8-10)19-9-11-6-7-13(18-11)14(15)17-2/h3-8H,9H2,1-2H3. The first-order valence-corrected chi connectivity index (χ1v) is 6.65. The SMILES string of the molecule is COC(=O)c1ccc(CSc2cccc(OC)c2)o1. The molecular formula is C14H14O4S. The maximum atomic E-state index is 11.2. The number of hydrogen-bond donors (Lipinski definition) is 0. The summed E-state index contributed by atoms with van der Waals surface area (Å²) in [6, 6.07) is 11.2. The van der Waals surface area contributed by atoms with E-state index in [1.54, 1.807) is 31.0 Å². The van der Waals surface area contributed by atoms with Gasteiger partial charge in [-0.25, -0.2) is 4.79 Å². The summed E-state index contributed by atoms with van der Waals surface area (Å²) >= 11 is 1.61. The molecule has 1 aromatic heterocycles. The van der Waals surface area contributed by atoms with Gasteiger partial charge in [0.15, 0.2) is 0 Å². The molecule has 1 aromatic carbocycles. The van der Waals surface area contributed by atoms with Crippen LogP contribution >= 0.6 is 11.8 Å². The average molecular weight is 278 g/mol. The van der Waals surface area contributed by atoms with Crippen LogP contribution in [-0.2, 0) is 10.5 Å². The van der Waals surface area contributed by atoms with Gasteiger partial charge in [-0.15, -0.1) is 11.8 Å². The van der Waals surface area contributed by atoms with Gasteiger partial charge in [0.2, 0.25) is 5.76 Å². The highest BCUT2D eigenvalue weighted by Gasteiger charge is 2.11. The molecule has 0 saturated heterocycles. The first-order chi connectivity index (χ1) is 9.22. The van der Waals surface area contributed by atoms with Crippen molar-refractivity contribution in [2.24, 2.45) is 0 Å². The smallest absolute Gasteiger partial charge is 0.373 e. The summed E-state index contributed by atoms with van der Waals surface area (Å²) in [5.74, 6) is 1.96. The quantitative estimate of drug-likeness (QED) is 0.620. The van der Waals surface area contributed by atoms with Crippen LogP contribution < -0.4 is 4.74 Å². The third-order valence-corrected chi connectivity index (χ3v) is 3.49. The number of furan rings is 1. The van der Waals surface area contributed by atoms with Crippen molar-refractivity contribution in [2.75, 3.05) is 14.2 Å². The zero-order chi connectivity index (χ0) is 13.7. The predicted molar refractivity (Wildman–Crippen MR) is 72.6 cm³/mol. The predicted octanol–water partition coefficient (Wildman–Crippen LogP) is 3.37. The summed E-state index contributed by atoms with van der Waals surface area (Å²) < 4.78 is 15.1. The number of carbonyl (C=O) groups excluding carboxylic acids is 1. The minimum Gasteiger partial charge on any atom is -0.497 e. The number of ether oxygens (including phenoxy) is 2. The lowest BCUT2D eigenvalue weighted by Crippen LogP contribution is -1.98. The fourth-order valence-corrected chi connectivity index (χ4v) is 2.35. The molecular weight excluding hydrogens is 264 g/mol. The summed E-state index contributed by atoms with van der Waals surface area (Å²) in [5.41, 5.74) is 0. The van der Waals surface area contributed by atoms with Gasteiger partial charge >= 0.3 is 5.97 Å². The van der Waals surface area contributed by atoms with E-state index in [1.165, 1.54) is 7.11 Å². The van der Waals surface area contributed by atoms with Gasteiger partial charge in [-0.05, 0) is 30.3 Å². The van der Waals surface area contributed by atoms with Crippen LogP contribution in [0.3, 0.4) is 0 Å². The van der Waals surface area contributed by atoms with Crippen LogP contribution in [0.5, 0.6) is 5.75 Å². The number of benzene rings is 1. The van der Waals surface area contributed by atoms with Crippen molar-refractivity contribution in [3.63, 3.8) is 0 Å². The second-order valence-corrected chi connectivity index (χ2v) is 4.77. The number of carbonyl (C=O) groups is 1. The third-order valence-electron chi connectivity index (χ3n) is 2.47. The Kier molecular flexibility index (Phi) is 4.52. The van der Waals surface area contributed by atoms with Crippen LogP contribution in [0.25, 0.3) is 0 Å². The Labute approximate surface area is 115 Å². The van der Waals surface area contributed by atoms with Crippen molar-refractivity contribution in [3.05, 3.63) is 47.9 Å². The number of thioether (sulfide) groups is 1. The van der Waals surface area contributed by atoms with Crippen molar-refractivity contribution in [2.45, 2.75) is 10.6 Å². The molecule has 0 bridgehead atoms. The molecule has 19 heavy (non-hydrogen) atoms. The fourth-order valence-electron chi connectivity index (χ4n) is 1.51. The molecule has 0 radical (unpaired) electrons. The van der Waals surface area contributed by atoms with E-state index in [2.05, 4.69) is 4.74 Å². The lowest BCUT2D eigenvalue weighted by atomic mass is 10.3. The van der Waals surface area contributed by atoms with Crippen molar-refractivity contribution >= 4 is 17.7 Å². The summed E-state index contributed by atoms with van der Waals surface area (Å²) in [7, 11) is 2.97. The van der Waals surface area contributed by atoms with Gasteiger partial charge in [0.25, 0.3) is 0 Å². The van der Waals surface area contributed by atoms with Crippen LogP contribution in [0.1, 0.15) is 16.3 Å². The summed E-state index contributed by atoms with van der Waals surface area (Å²) in [5, 5.41) is 0. The van der Waals surface area contributed by atoms with Gasteiger partial charge in [-0.3, -0.25) is 0 Å². The van der Waals surface area contributed by atoms with E-state index in [-0.39, 0.29) is 5.76 Å². The maximum absolute atomic E-state index is 11.2.